The summed E-state index contributed by atoms with van der Waals surface area (Å²) in [6.45, 7) is 0. The van der Waals surface area contributed by atoms with E-state index in [1.807, 2.05) is 0 Å². The van der Waals surface area contributed by atoms with Gasteiger partial charge in [0.2, 0.25) is 0 Å². The lowest BCUT2D eigenvalue weighted by Gasteiger charge is -2.27. The van der Waals surface area contributed by atoms with E-state index in [1.54, 1.807) is 7.11 Å². The average Bonchev–Trinajstić information content (AvgIpc) is 3.00. The van der Waals surface area contributed by atoms with Crippen LogP contribution >= 0.6 is 0 Å². The van der Waals surface area contributed by atoms with Gasteiger partial charge in [-0.1, -0.05) is 0 Å². The summed E-state index contributed by atoms with van der Waals surface area (Å²) in [4.78, 5) is 20.6. The van der Waals surface area contributed by atoms with Gasteiger partial charge in [-0.05, 0) is 50.9 Å². The summed E-state index contributed by atoms with van der Waals surface area (Å²) in [6, 6.07) is -0.0852. The molecule has 0 unspecified atom stereocenters. The van der Waals surface area contributed by atoms with Crippen molar-refractivity contribution in [2.24, 2.45) is 11.7 Å². The predicted octanol–water partition coefficient (Wildman–Crippen LogP) is 1.65. The fraction of sp³-hybridized carbons (Fsp3) is 0.722. The minimum absolute atomic E-state index is 0.0852. The maximum atomic E-state index is 11.7. The van der Waals surface area contributed by atoms with Crippen LogP contribution in [0.3, 0.4) is 0 Å². The number of ether oxygens (including phenoxy) is 1. The highest BCUT2D eigenvalue weighted by atomic mass is 16.5. The van der Waals surface area contributed by atoms with Gasteiger partial charge in [-0.25, -0.2) is 9.97 Å². The highest BCUT2D eigenvalue weighted by molar-refractivity contribution is 5.97. The lowest BCUT2D eigenvalue weighted by Crippen LogP contribution is -2.30. The zero-order chi connectivity index (χ0) is 17.8. The molecule has 2 saturated carbocycles. The molecule has 1 heterocycles. The molecular weight excluding hydrogens is 320 g/mol. The fourth-order valence-electron chi connectivity index (χ4n) is 3.92. The molecule has 2 aliphatic carbocycles. The van der Waals surface area contributed by atoms with Crippen molar-refractivity contribution in [1.82, 2.24) is 9.97 Å². The molecule has 0 bridgehead atoms. The first-order chi connectivity index (χ1) is 12.1. The number of methoxy groups -OCH3 is 1. The number of rotatable bonds is 6. The largest absolute Gasteiger partial charge is 0.391 e. The second-order valence-corrected chi connectivity index (χ2v) is 7.24. The Kier molecular flexibility index (Phi) is 5.86. The number of primary amides is 1. The van der Waals surface area contributed by atoms with E-state index in [4.69, 9.17) is 10.5 Å². The third kappa shape index (κ3) is 4.46. The van der Waals surface area contributed by atoms with Crippen molar-refractivity contribution in [1.29, 1.82) is 0 Å². The molecule has 7 heteroatoms. The summed E-state index contributed by atoms with van der Waals surface area (Å²) in [5, 5.41) is 13.2. The zero-order valence-corrected chi connectivity index (χ0v) is 14.8. The molecule has 1 aromatic rings. The number of aromatic nitrogens is 2. The molecular formula is C18H28N4O3. The van der Waals surface area contributed by atoms with Crippen molar-refractivity contribution in [3.8, 4) is 0 Å². The van der Waals surface area contributed by atoms with Crippen molar-refractivity contribution < 1.29 is 14.6 Å². The van der Waals surface area contributed by atoms with E-state index >= 15 is 0 Å². The Hall–Kier alpha value is -1.73. The number of carbonyl (C=O) groups is 1. The van der Waals surface area contributed by atoms with E-state index in [-0.39, 0.29) is 11.6 Å². The van der Waals surface area contributed by atoms with Gasteiger partial charge in [0.15, 0.2) is 0 Å². The number of nitrogens with zero attached hydrogens (tertiary/aromatic N) is 2. The lowest BCUT2D eigenvalue weighted by molar-refractivity contribution is 0.0566. The smallest absolute Gasteiger partial charge is 0.254 e. The number of hydrogen-bond donors (Lipinski definition) is 3. The van der Waals surface area contributed by atoms with E-state index in [1.165, 1.54) is 6.20 Å². The second-order valence-electron chi connectivity index (χ2n) is 7.24. The Morgan fingerprint density at radius 3 is 2.68 bits per heavy atom. The second kappa shape index (κ2) is 8.10. The van der Waals surface area contributed by atoms with Gasteiger partial charge in [-0.15, -0.1) is 0 Å². The Balaban J connectivity index is 1.70. The molecule has 138 valence electrons. The third-order valence-corrected chi connectivity index (χ3v) is 5.50. The van der Waals surface area contributed by atoms with Crippen molar-refractivity contribution in [3.63, 3.8) is 0 Å². The van der Waals surface area contributed by atoms with E-state index in [0.717, 1.165) is 57.2 Å². The van der Waals surface area contributed by atoms with Crippen LogP contribution in [-0.4, -0.2) is 46.3 Å². The summed E-state index contributed by atoms with van der Waals surface area (Å²) in [6.07, 6.45) is 9.19. The number of carbonyl (C=O) groups excluding carboxylic acids is 1. The molecule has 2 aliphatic rings. The Labute approximate surface area is 148 Å². The van der Waals surface area contributed by atoms with Crippen LogP contribution < -0.4 is 11.1 Å². The maximum Gasteiger partial charge on any atom is 0.254 e. The summed E-state index contributed by atoms with van der Waals surface area (Å²) in [5.41, 5.74) is 5.74. The van der Waals surface area contributed by atoms with Gasteiger partial charge in [0.25, 0.3) is 5.91 Å². The van der Waals surface area contributed by atoms with Gasteiger partial charge in [0.05, 0.1) is 23.8 Å². The van der Waals surface area contributed by atoms with Crippen molar-refractivity contribution in [2.45, 2.75) is 69.6 Å². The maximum absolute atomic E-state index is 11.7. The summed E-state index contributed by atoms with van der Waals surface area (Å²) >= 11 is 0. The van der Waals surface area contributed by atoms with Gasteiger partial charge >= 0.3 is 0 Å². The monoisotopic (exact) mass is 348 g/mol. The SMILES string of the molecule is COC1CCC(Cc2ncc(C(N)=O)c(N[C@@H]3CCC[C@@H]3O)n2)CC1. The molecule has 7 nitrogen and oxygen atoms in total. The summed E-state index contributed by atoms with van der Waals surface area (Å²) in [7, 11) is 1.77. The van der Waals surface area contributed by atoms with Gasteiger partial charge < -0.3 is 20.9 Å². The highest BCUT2D eigenvalue weighted by Gasteiger charge is 2.27. The van der Waals surface area contributed by atoms with Crippen molar-refractivity contribution in [3.05, 3.63) is 17.6 Å². The first kappa shape index (κ1) is 18.1. The normalized spacial score (nSPS) is 29.5. The number of hydrogen-bond acceptors (Lipinski definition) is 6. The summed E-state index contributed by atoms with van der Waals surface area (Å²) < 4.78 is 5.42. The first-order valence-electron chi connectivity index (χ1n) is 9.20. The Morgan fingerprint density at radius 2 is 2.08 bits per heavy atom. The molecule has 4 N–H and O–H groups in total. The number of aliphatic hydroxyl groups excluding tert-OH is 1. The molecule has 0 aliphatic heterocycles. The molecule has 0 aromatic carbocycles. The van der Waals surface area contributed by atoms with Crippen LogP contribution in [0, 0.1) is 5.92 Å². The minimum Gasteiger partial charge on any atom is -0.391 e. The summed E-state index contributed by atoms with van der Waals surface area (Å²) in [5.74, 6) is 1.16. The van der Waals surface area contributed by atoms with Crippen LogP contribution in [0.5, 0.6) is 0 Å². The van der Waals surface area contributed by atoms with Crippen LogP contribution in [0.25, 0.3) is 0 Å². The van der Waals surface area contributed by atoms with E-state index in [0.29, 0.717) is 17.8 Å². The highest BCUT2D eigenvalue weighted by Crippen LogP contribution is 2.29. The third-order valence-electron chi connectivity index (χ3n) is 5.50. The lowest BCUT2D eigenvalue weighted by atomic mass is 9.85. The number of nitrogens with two attached hydrogens (primary N) is 1. The van der Waals surface area contributed by atoms with Gasteiger partial charge in [-0.2, -0.15) is 0 Å². The van der Waals surface area contributed by atoms with Crippen LogP contribution in [-0.2, 0) is 11.2 Å². The van der Waals surface area contributed by atoms with Gasteiger partial charge in [0.1, 0.15) is 11.6 Å². The topological polar surface area (TPSA) is 110 Å². The first-order valence-corrected chi connectivity index (χ1v) is 9.20. The molecule has 1 aromatic heterocycles. The van der Waals surface area contributed by atoms with Crippen molar-refractivity contribution >= 4 is 11.7 Å². The molecule has 0 radical (unpaired) electrons. The molecule has 3 rings (SSSR count). The quantitative estimate of drug-likeness (QED) is 0.721. The van der Waals surface area contributed by atoms with E-state index in [2.05, 4.69) is 15.3 Å². The molecule has 0 spiro atoms. The predicted molar refractivity (Wildman–Crippen MR) is 94.3 cm³/mol. The van der Waals surface area contributed by atoms with Crippen LogP contribution in [0.1, 0.15) is 61.1 Å². The standard InChI is InChI=1S/C18H28N4O3/c1-25-12-7-5-11(6-8-12)9-16-20-10-13(17(19)24)18(22-16)21-14-3-2-4-15(14)23/h10-12,14-15,23H,2-9H2,1H3,(H2,19,24)(H,20,21,22)/t11?,12?,14-,15+/m1/s1. The number of aliphatic hydroxyl groups is 1. The van der Waals surface area contributed by atoms with Crippen LogP contribution in [0.4, 0.5) is 5.82 Å². The Bertz CT molecular complexity index is 602. The minimum atomic E-state index is -0.554. The van der Waals surface area contributed by atoms with Crippen LogP contribution in [0.15, 0.2) is 6.20 Å². The zero-order valence-electron chi connectivity index (χ0n) is 14.8. The fourth-order valence-corrected chi connectivity index (χ4v) is 3.92. The molecule has 2 fully saturated rings. The average molecular weight is 348 g/mol. The van der Waals surface area contributed by atoms with Gasteiger partial charge in [-0.3, -0.25) is 4.79 Å². The number of nitrogens with one attached hydrogen (secondary N) is 1. The molecule has 0 saturated heterocycles. The van der Waals surface area contributed by atoms with E-state index < -0.39 is 12.0 Å². The molecule has 2 atom stereocenters. The van der Waals surface area contributed by atoms with Gasteiger partial charge in [0, 0.05) is 19.7 Å². The number of amides is 1. The van der Waals surface area contributed by atoms with Crippen molar-refractivity contribution in [2.75, 3.05) is 12.4 Å². The Morgan fingerprint density at radius 1 is 1.32 bits per heavy atom. The molecule has 1 amide bonds. The van der Waals surface area contributed by atoms with Crippen LogP contribution in [0.2, 0.25) is 0 Å². The number of anilines is 1. The van der Waals surface area contributed by atoms with E-state index in [9.17, 15) is 9.90 Å². The molecule has 25 heavy (non-hydrogen) atoms.